The van der Waals surface area contributed by atoms with Gasteiger partial charge in [0.2, 0.25) is 5.91 Å². The molecule has 3 heterocycles. The van der Waals surface area contributed by atoms with Gasteiger partial charge in [-0.2, -0.15) is 0 Å². The summed E-state index contributed by atoms with van der Waals surface area (Å²) in [6, 6.07) is 1.74. The zero-order valence-electron chi connectivity index (χ0n) is 12.1. The second kappa shape index (κ2) is 5.95. The van der Waals surface area contributed by atoms with E-state index in [9.17, 15) is 9.59 Å². The molecule has 7 nitrogen and oxygen atoms in total. The molecular weight excluding hydrogens is 272 g/mol. The van der Waals surface area contributed by atoms with Crippen LogP contribution in [0.4, 0.5) is 0 Å². The highest BCUT2D eigenvalue weighted by atomic mass is 16.5. The molecule has 1 aromatic heterocycles. The highest BCUT2D eigenvalue weighted by Gasteiger charge is 2.38. The molecule has 2 atom stereocenters. The lowest BCUT2D eigenvalue weighted by atomic mass is 9.99. The number of fused-ring (bicyclic) bond motifs is 1. The van der Waals surface area contributed by atoms with E-state index < -0.39 is 5.69 Å². The molecule has 0 spiro atoms. The average Bonchev–Trinajstić information content (AvgIpc) is 2.49. The summed E-state index contributed by atoms with van der Waals surface area (Å²) in [5.74, 6) is -0.0429. The number of rotatable bonds is 2. The van der Waals surface area contributed by atoms with Crippen molar-refractivity contribution in [3.8, 4) is 0 Å². The maximum atomic E-state index is 12.5. The monoisotopic (exact) mass is 292 g/mol. The minimum Gasteiger partial charge on any atom is -0.374 e. The normalized spacial score (nSPS) is 26.4. The largest absolute Gasteiger partial charge is 0.374 e. The van der Waals surface area contributed by atoms with Crippen LogP contribution in [0.2, 0.25) is 0 Å². The van der Waals surface area contributed by atoms with Crippen LogP contribution >= 0.6 is 0 Å². The van der Waals surface area contributed by atoms with Crippen molar-refractivity contribution in [2.24, 2.45) is 0 Å². The van der Waals surface area contributed by atoms with Crippen molar-refractivity contribution in [3.63, 3.8) is 0 Å². The molecule has 114 valence electrons. The van der Waals surface area contributed by atoms with Crippen molar-refractivity contribution in [2.45, 2.75) is 25.1 Å². The lowest BCUT2D eigenvalue weighted by Gasteiger charge is -2.46. The van der Waals surface area contributed by atoms with E-state index in [4.69, 9.17) is 4.74 Å². The zero-order chi connectivity index (χ0) is 14.8. The van der Waals surface area contributed by atoms with Gasteiger partial charge < -0.3 is 14.5 Å². The van der Waals surface area contributed by atoms with Crippen molar-refractivity contribution < 1.29 is 9.53 Å². The molecule has 3 rings (SSSR count). The Labute approximate surface area is 123 Å². The molecule has 2 saturated heterocycles. The summed E-state index contributed by atoms with van der Waals surface area (Å²) < 4.78 is 7.13. The molecule has 7 heteroatoms. The summed E-state index contributed by atoms with van der Waals surface area (Å²) in [7, 11) is 2.05. The molecule has 0 bridgehead atoms. The predicted octanol–water partition coefficient (Wildman–Crippen LogP) is -0.825. The summed E-state index contributed by atoms with van der Waals surface area (Å²) in [5, 5.41) is 0. The van der Waals surface area contributed by atoms with Gasteiger partial charge in [0, 0.05) is 32.0 Å². The Morgan fingerprint density at radius 2 is 2.33 bits per heavy atom. The number of hydrogen-bond acceptors (Lipinski definition) is 5. The van der Waals surface area contributed by atoms with Crippen molar-refractivity contribution in [1.29, 1.82) is 0 Å². The van der Waals surface area contributed by atoms with E-state index in [-0.39, 0.29) is 24.6 Å². The van der Waals surface area contributed by atoms with Crippen LogP contribution in [0.15, 0.2) is 23.3 Å². The lowest BCUT2D eigenvalue weighted by molar-refractivity contribution is -0.152. The van der Waals surface area contributed by atoms with E-state index in [1.807, 2.05) is 4.90 Å². The first-order chi connectivity index (χ1) is 10.1. The van der Waals surface area contributed by atoms with Gasteiger partial charge in [-0.3, -0.25) is 9.36 Å². The molecule has 2 aliphatic rings. The summed E-state index contributed by atoms with van der Waals surface area (Å²) in [5.41, 5.74) is -0.392. The van der Waals surface area contributed by atoms with E-state index >= 15 is 0 Å². The SMILES string of the molecule is CN1CC[C@@H]2OCCN(C(=O)Cn3cccnc3=O)[C@H]2C1. The lowest BCUT2D eigenvalue weighted by Crippen LogP contribution is -2.61. The van der Waals surface area contributed by atoms with Crippen LogP contribution in [-0.2, 0) is 16.1 Å². The predicted molar refractivity (Wildman–Crippen MR) is 75.9 cm³/mol. The molecule has 0 aromatic carbocycles. The molecule has 1 amide bonds. The molecule has 0 radical (unpaired) electrons. The topological polar surface area (TPSA) is 67.7 Å². The van der Waals surface area contributed by atoms with Crippen LogP contribution in [0.25, 0.3) is 0 Å². The fraction of sp³-hybridized carbons (Fsp3) is 0.643. The number of likely N-dealkylation sites (N-methyl/N-ethyl adjacent to an activating group) is 1. The van der Waals surface area contributed by atoms with Gasteiger partial charge in [0.05, 0.1) is 18.8 Å². The molecule has 21 heavy (non-hydrogen) atoms. The Bertz CT molecular complexity index is 573. The molecule has 0 aliphatic carbocycles. The van der Waals surface area contributed by atoms with Gasteiger partial charge in [-0.15, -0.1) is 0 Å². The second-order valence-corrected chi connectivity index (χ2v) is 5.64. The van der Waals surface area contributed by atoms with Crippen molar-refractivity contribution >= 4 is 5.91 Å². The first kappa shape index (κ1) is 14.2. The highest BCUT2D eigenvalue weighted by molar-refractivity contribution is 5.76. The number of carbonyl (C=O) groups excluding carboxylic acids is 1. The van der Waals surface area contributed by atoms with Gasteiger partial charge >= 0.3 is 5.69 Å². The van der Waals surface area contributed by atoms with Gasteiger partial charge in [0.15, 0.2) is 0 Å². The smallest absolute Gasteiger partial charge is 0.347 e. The van der Waals surface area contributed by atoms with Crippen LogP contribution in [0, 0.1) is 0 Å². The standard InChI is InChI=1S/C14H20N4O3/c1-16-6-3-12-11(9-16)18(7-8-21-12)13(19)10-17-5-2-4-15-14(17)20/h2,4-5,11-12H,3,6-10H2,1H3/t11-,12-/m0/s1. The third-order valence-corrected chi connectivity index (χ3v) is 4.20. The highest BCUT2D eigenvalue weighted by Crippen LogP contribution is 2.22. The Hall–Kier alpha value is -1.73. The van der Waals surface area contributed by atoms with E-state index in [0.717, 1.165) is 19.5 Å². The average molecular weight is 292 g/mol. The molecule has 2 aliphatic heterocycles. The van der Waals surface area contributed by atoms with Gasteiger partial charge in [-0.05, 0) is 19.5 Å². The first-order valence-corrected chi connectivity index (χ1v) is 7.26. The maximum absolute atomic E-state index is 12.5. The molecule has 1 aromatic rings. The van der Waals surface area contributed by atoms with E-state index in [0.29, 0.717) is 13.2 Å². The van der Waals surface area contributed by atoms with Gasteiger partial charge in [-0.1, -0.05) is 0 Å². The van der Waals surface area contributed by atoms with Gasteiger partial charge in [-0.25, -0.2) is 9.78 Å². The fourth-order valence-electron chi connectivity index (χ4n) is 3.08. The van der Waals surface area contributed by atoms with Crippen LogP contribution in [0.1, 0.15) is 6.42 Å². The summed E-state index contributed by atoms with van der Waals surface area (Å²) in [6.07, 6.45) is 4.09. The summed E-state index contributed by atoms with van der Waals surface area (Å²) >= 11 is 0. The Morgan fingerprint density at radius 1 is 1.48 bits per heavy atom. The quantitative estimate of drug-likeness (QED) is 0.712. The summed E-state index contributed by atoms with van der Waals surface area (Å²) in [4.78, 5) is 31.9. The molecular formula is C14H20N4O3. The number of hydrogen-bond donors (Lipinski definition) is 0. The summed E-state index contributed by atoms with van der Waals surface area (Å²) in [6.45, 7) is 3.00. The van der Waals surface area contributed by atoms with E-state index in [2.05, 4.69) is 16.9 Å². The van der Waals surface area contributed by atoms with Crippen LogP contribution < -0.4 is 5.69 Å². The number of nitrogens with zero attached hydrogens (tertiary/aromatic N) is 4. The Kier molecular flexibility index (Phi) is 4.03. The second-order valence-electron chi connectivity index (χ2n) is 5.64. The number of aromatic nitrogens is 2. The number of amides is 1. The molecule has 0 saturated carbocycles. The van der Waals surface area contributed by atoms with Crippen LogP contribution in [0.3, 0.4) is 0 Å². The molecule has 2 fully saturated rings. The minimum absolute atomic E-state index is 0.0413. The fourth-order valence-corrected chi connectivity index (χ4v) is 3.08. The number of ether oxygens (including phenoxy) is 1. The molecule has 0 N–H and O–H groups in total. The Balaban J connectivity index is 1.74. The van der Waals surface area contributed by atoms with Crippen molar-refractivity contribution in [1.82, 2.24) is 19.4 Å². The number of morpholine rings is 1. The third kappa shape index (κ3) is 2.98. The van der Waals surface area contributed by atoms with Crippen molar-refractivity contribution in [3.05, 3.63) is 28.9 Å². The molecule has 0 unspecified atom stereocenters. The Morgan fingerprint density at radius 3 is 3.14 bits per heavy atom. The van der Waals surface area contributed by atoms with Gasteiger partial charge in [0.25, 0.3) is 0 Å². The van der Waals surface area contributed by atoms with E-state index in [1.165, 1.54) is 10.8 Å². The van der Waals surface area contributed by atoms with Crippen LogP contribution in [0.5, 0.6) is 0 Å². The maximum Gasteiger partial charge on any atom is 0.347 e. The minimum atomic E-state index is -0.392. The van der Waals surface area contributed by atoms with Crippen molar-refractivity contribution in [2.75, 3.05) is 33.3 Å². The third-order valence-electron chi connectivity index (χ3n) is 4.20. The first-order valence-electron chi connectivity index (χ1n) is 7.26. The van der Waals surface area contributed by atoms with Crippen LogP contribution in [-0.4, -0.2) is 70.7 Å². The number of carbonyl (C=O) groups is 1. The number of likely N-dealkylation sites (tertiary alicyclic amines) is 1. The van der Waals surface area contributed by atoms with Gasteiger partial charge in [0.1, 0.15) is 6.54 Å². The van der Waals surface area contributed by atoms with E-state index in [1.54, 1.807) is 12.3 Å². The zero-order valence-corrected chi connectivity index (χ0v) is 12.1. The number of piperidine rings is 1.